The first-order valence-electron chi connectivity index (χ1n) is 8.97. The average molecular weight is 420 g/mol. The molecule has 0 atom stereocenters. The Balaban J connectivity index is 0.00000280. The van der Waals surface area contributed by atoms with Crippen molar-refractivity contribution >= 4 is 45.0 Å². The Kier molecular flexibility index (Phi) is 7.80. The van der Waals surface area contributed by atoms with Crippen LogP contribution in [0.1, 0.15) is 22.3 Å². The van der Waals surface area contributed by atoms with E-state index in [-0.39, 0.29) is 18.3 Å². The van der Waals surface area contributed by atoms with Crippen LogP contribution in [0.5, 0.6) is 5.75 Å². The Morgan fingerprint density at radius 1 is 1.11 bits per heavy atom. The Morgan fingerprint density at radius 3 is 2.54 bits per heavy atom. The number of ether oxygens (including phenoxy) is 1. The molecule has 0 saturated heterocycles. The summed E-state index contributed by atoms with van der Waals surface area (Å²) in [4.78, 5) is 22.0. The molecule has 28 heavy (non-hydrogen) atoms. The van der Waals surface area contributed by atoms with Crippen molar-refractivity contribution in [2.75, 3.05) is 39.2 Å². The van der Waals surface area contributed by atoms with E-state index in [1.807, 2.05) is 63.5 Å². The van der Waals surface area contributed by atoms with Gasteiger partial charge in [0.2, 0.25) is 0 Å². The van der Waals surface area contributed by atoms with Crippen LogP contribution in [0.2, 0.25) is 0 Å². The molecular formula is C21H26ClN3O2S. The normalized spacial score (nSPS) is 10.8. The van der Waals surface area contributed by atoms with E-state index in [1.165, 1.54) is 11.3 Å². The zero-order valence-electron chi connectivity index (χ0n) is 16.6. The van der Waals surface area contributed by atoms with E-state index in [4.69, 9.17) is 9.72 Å². The number of carbonyl (C=O) groups excluding carboxylic acids is 1. The molecule has 0 N–H and O–H groups in total. The third kappa shape index (κ3) is 4.82. The third-order valence-electron chi connectivity index (χ3n) is 4.43. The lowest BCUT2D eigenvalue weighted by molar-refractivity contribution is 0.0985. The number of aromatic nitrogens is 1. The van der Waals surface area contributed by atoms with Gasteiger partial charge in [0.05, 0.1) is 11.8 Å². The molecule has 5 nitrogen and oxygen atoms in total. The minimum Gasteiger partial charge on any atom is -0.494 e. The molecule has 0 aliphatic carbocycles. The third-order valence-corrected chi connectivity index (χ3v) is 5.47. The molecule has 0 spiro atoms. The van der Waals surface area contributed by atoms with E-state index in [0.717, 1.165) is 34.5 Å². The number of thiazole rings is 1. The number of anilines is 1. The smallest absolute Gasteiger partial charge is 0.260 e. The van der Waals surface area contributed by atoms with Crippen LogP contribution in [-0.2, 0) is 0 Å². The predicted molar refractivity (Wildman–Crippen MR) is 119 cm³/mol. The minimum absolute atomic E-state index is 0. The first-order valence-corrected chi connectivity index (χ1v) is 9.78. The van der Waals surface area contributed by atoms with Gasteiger partial charge in [0, 0.05) is 12.1 Å². The lowest BCUT2D eigenvalue weighted by Crippen LogP contribution is -2.33. The number of aryl methyl sites for hydroxylation is 1. The fraction of sp³-hybridized carbons (Fsp3) is 0.333. The van der Waals surface area contributed by atoms with Crippen molar-refractivity contribution in [1.82, 2.24) is 9.88 Å². The maximum absolute atomic E-state index is 13.3. The molecule has 1 aromatic heterocycles. The van der Waals surface area contributed by atoms with Crippen LogP contribution in [0.4, 0.5) is 5.13 Å². The number of fused-ring (bicyclic) bond motifs is 1. The molecule has 0 aliphatic heterocycles. The summed E-state index contributed by atoms with van der Waals surface area (Å²) in [6.07, 6.45) is 0.873. The van der Waals surface area contributed by atoms with Crippen LogP contribution in [0.25, 0.3) is 10.2 Å². The molecule has 3 aromatic rings. The summed E-state index contributed by atoms with van der Waals surface area (Å²) < 4.78 is 6.44. The van der Waals surface area contributed by atoms with Crippen molar-refractivity contribution in [2.45, 2.75) is 13.3 Å². The molecule has 1 heterocycles. The van der Waals surface area contributed by atoms with Gasteiger partial charge in [0.25, 0.3) is 5.91 Å². The fourth-order valence-corrected chi connectivity index (χ4v) is 3.99. The van der Waals surface area contributed by atoms with Gasteiger partial charge in [-0.15, -0.1) is 12.4 Å². The number of hydrogen-bond donors (Lipinski definition) is 0. The van der Waals surface area contributed by atoms with Crippen LogP contribution >= 0.6 is 23.7 Å². The molecule has 0 saturated carbocycles. The number of benzene rings is 2. The zero-order chi connectivity index (χ0) is 19.4. The average Bonchev–Trinajstić information content (AvgIpc) is 3.08. The van der Waals surface area contributed by atoms with Gasteiger partial charge in [-0.2, -0.15) is 0 Å². The lowest BCUT2D eigenvalue weighted by atomic mass is 10.1. The molecule has 0 bridgehead atoms. The van der Waals surface area contributed by atoms with Crippen molar-refractivity contribution in [2.24, 2.45) is 0 Å². The highest BCUT2D eigenvalue weighted by Gasteiger charge is 2.23. The highest BCUT2D eigenvalue weighted by Crippen LogP contribution is 2.34. The number of carbonyl (C=O) groups is 1. The molecule has 2 aromatic carbocycles. The summed E-state index contributed by atoms with van der Waals surface area (Å²) in [5, 5.41) is 0.710. The van der Waals surface area contributed by atoms with Crippen molar-refractivity contribution in [1.29, 1.82) is 0 Å². The Hall–Kier alpha value is -2.15. The van der Waals surface area contributed by atoms with Crippen molar-refractivity contribution in [3.05, 3.63) is 53.6 Å². The van der Waals surface area contributed by atoms with Crippen LogP contribution in [0.3, 0.4) is 0 Å². The number of hydrogen-bond acceptors (Lipinski definition) is 5. The van der Waals surface area contributed by atoms with Gasteiger partial charge < -0.3 is 9.64 Å². The summed E-state index contributed by atoms with van der Waals surface area (Å²) in [6, 6.07) is 13.5. The standard InChI is InChI=1S/C21H25N3O2S.ClH/c1-15-9-5-6-10-16(15)20(25)24(14-8-13-23(2)3)21-22-19-17(26-4)11-7-12-18(19)27-21;/h5-7,9-12H,8,13-14H2,1-4H3;1H. The van der Waals surface area contributed by atoms with E-state index in [0.29, 0.717) is 17.2 Å². The SMILES string of the molecule is COc1cccc2sc(N(CCCN(C)C)C(=O)c3ccccc3C)nc12.Cl. The van der Waals surface area contributed by atoms with Crippen LogP contribution in [0.15, 0.2) is 42.5 Å². The second kappa shape index (κ2) is 9.87. The molecule has 3 rings (SSSR count). The number of methoxy groups -OCH3 is 1. The second-order valence-electron chi connectivity index (χ2n) is 6.73. The Labute approximate surface area is 176 Å². The largest absolute Gasteiger partial charge is 0.494 e. The lowest BCUT2D eigenvalue weighted by Gasteiger charge is -2.21. The van der Waals surface area contributed by atoms with E-state index < -0.39 is 0 Å². The van der Waals surface area contributed by atoms with Crippen molar-refractivity contribution in [3.63, 3.8) is 0 Å². The highest BCUT2D eigenvalue weighted by atomic mass is 35.5. The number of halogens is 1. The van der Waals surface area contributed by atoms with Gasteiger partial charge in [-0.25, -0.2) is 4.98 Å². The van der Waals surface area contributed by atoms with E-state index >= 15 is 0 Å². The van der Waals surface area contributed by atoms with Gasteiger partial charge in [-0.05, 0) is 57.7 Å². The molecular weight excluding hydrogens is 394 g/mol. The first-order chi connectivity index (χ1) is 13.0. The van der Waals surface area contributed by atoms with Gasteiger partial charge in [-0.3, -0.25) is 9.69 Å². The maximum Gasteiger partial charge on any atom is 0.260 e. The fourth-order valence-electron chi connectivity index (χ4n) is 2.98. The summed E-state index contributed by atoms with van der Waals surface area (Å²) in [5.74, 6) is 0.719. The molecule has 0 aliphatic rings. The summed E-state index contributed by atoms with van der Waals surface area (Å²) in [5.41, 5.74) is 2.49. The maximum atomic E-state index is 13.3. The van der Waals surface area contributed by atoms with Gasteiger partial charge in [0.1, 0.15) is 11.3 Å². The Bertz CT molecular complexity index is 942. The number of para-hydroxylation sites is 1. The van der Waals surface area contributed by atoms with Crippen LogP contribution in [0, 0.1) is 6.92 Å². The monoisotopic (exact) mass is 419 g/mol. The van der Waals surface area contributed by atoms with Crippen LogP contribution < -0.4 is 9.64 Å². The molecule has 0 unspecified atom stereocenters. The van der Waals surface area contributed by atoms with Crippen LogP contribution in [-0.4, -0.2) is 50.1 Å². The quantitative estimate of drug-likeness (QED) is 0.560. The topological polar surface area (TPSA) is 45.7 Å². The number of rotatable bonds is 7. The first kappa shape index (κ1) is 22.1. The summed E-state index contributed by atoms with van der Waals surface area (Å²) in [6.45, 7) is 3.49. The summed E-state index contributed by atoms with van der Waals surface area (Å²) in [7, 11) is 5.72. The number of nitrogens with zero attached hydrogens (tertiary/aromatic N) is 3. The summed E-state index contributed by atoms with van der Waals surface area (Å²) >= 11 is 1.52. The van der Waals surface area contributed by atoms with E-state index in [2.05, 4.69) is 4.90 Å². The van der Waals surface area contributed by atoms with Crippen molar-refractivity contribution < 1.29 is 9.53 Å². The highest BCUT2D eigenvalue weighted by molar-refractivity contribution is 7.22. The molecule has 150 valence electrons. The van der Waals surface area contributed by atoms with Gasteiger partial charge in [0.15, 0.2) is 5.13 Å². The molecule has 7 heteroatoms. The van der Waals surface area contributed by atoms with Gasteiger partial charge in [-0.1, -0.05) is 35.6 Å². The second-order valence-corrected chi connectivity index (χ2v) is 7.74. The van der Waals surface area contributed by atoms with E-state index in [9.17, 15) is 4.79 Å². The minimum atomic E-state index is -0.00937. The Morgan fingerprint density at radius 2 is 1.86 bits per heavy atom. The van der Waals surface area contributed by atoms with Gasteiger partial charge >= 0.3 is 0 Å². The van der Waals surface area contributed by atoms with Crippen molar-refractivity contribution in [3.8, 4) is 5.75 Å². The predicted octanol–water partition coefficient (Wildman–Crippen LogP) is 4.63. The molecule has 0 radical (unpaired) electrons. The molecule has 0 fully saturated rings. The zero-order valence-corrected chi connectivity index (χ0v) is 18.3. The van der Waals surface area contributed by atoms with E-state index in [1.54, 1.807) is 12.0 Å². The molecule has 1 amide bonds. The number of amides is 1.